The second-order valence-electron chi connectivity index (χ2n) is 3.53. The monoisotopic (exact) mass is 461 g/mol. The fourth-order valence-corrected chi connectivity index (χ4v) is 3.86. The molecule has 3 rings (SSSR count). The molecular formula is C13H9S2Th-. The van der Waals surface area contributed by atoms with Crippen LogP contribution in [0.15, 0.2) is 56.0 Å². The molecule has 1 heterocycles. The van der Waals surface area contributed by atoms with E-state index in [9.17, 15) is 0 Å². The van der Waals surface area contributed by atoms with Crippen LogP contribution in [0.1, 0.15) is 5.56 Å². The Balaban J connectivity index is 0.000000963. The van der Waals surface area contributed by atoms with Crippen molar-refractivity contribution in [3.8, 4) is 0 Å². The molecule has 0 atom stereocenters. The van der Waals surface area contributed by atoms with Crippen molar-refractivity contribution in [1.29, 1.82) is 0 Å². The van der Waals surface area contributed by atoms with Crippen LogP contribution in [0, 0.1) is 52.9 Å². The molecule has 2 aromatic carbocycles. The topological polar surface area (TPSA) is 0 Å². The molecular weight excluding hydrogens is 452 g/mol. The molecule has 0 spiro atoms. The van der Waals surface area contributed by atoms with Crippen LogP contribution >= 0.6 is 23.5 Å². The maximum atomic E-state index is 3.13. The van der Waals surface area contributed by atoms with Gasteiger partial charge in [-0.1, -0.05) is 15.9 Å². The van der Waals surface area contributed by atoms with Crippen LogP contribution in [0.5, 0.6) is 0 Å². The first-order valence-corrected chi connectivity index (χ1v) is 6.43. The van der Waals surface area contributed by atoms with E-state index in [1.165, 1.54) is 25.1 Å². The van der Waals surface area contributed by atoms with Gasteiger partial charge in [-0.2, -0.15) is 36.0 Å². The molecule has 0 fully saturated rings. The van der Waals surface area contributed by atoms with Crippen molar-refractivity contribution in [2.75, 3.05) is 0 Å². The molecule has 2 aromatic rings. The summed E-state index contributed by atoms with van der Waals surface area (Å²) in [4.78, 5) is 5.40. The van der Waals surface area contributed by atoms with Gasteiger partial charge in [-0.25, -0.2) is 0 Å². The summed E-state index contributed by atoms with van der Waals surface area (Å²) in [5.41, 5.74) is 1.33. The number of hydrogen-bond acceptors (Lipinski definition) is 2. The first kappa shape index (κ1) is 12.9. The molecule has 1 aliphatic heterocycles. The molecule has 0 saturated heterocycles. The minimum Gasteiger partial charge on any atom is -0.183 e. The van der Waals surface area contributed by atoms with E-state index in [0.29, 0.717) is 0 Å². The molecule has 0 unspecified atom stereocenters. The van der Waals surface area contributed by atoms with Gasteiger partial charge in [0.2, 0.25) is 0 Å². The summed E-state index contributed by atoms with van der Waals surface area (Å²) < 4.78 is 0. The molecule has 0 nitrogen and oxygen atoms in total. The zero-order valence-electron chi connectivity index (χ0n) is 8.78. The van der Waals surface area contributed by atoms with E-state index in [0.717, 1.165) is 0 Å². The van der Waals surface area contributed by atoms with Crippen LogP contribution in [0.3, 0.4) is 0 Å². The van der Waals surface area contributed by atoms with E-state index in [2.05, 4.69) is 43.3 Å². The van der Waals surface area contributed by atoms with Gasteiger partial charge in [0, 0.05) is 49.7 Å². The Morgan fingerprint density at radius 1 is 0.938 bits per heavy atom. The molecule has 0 saturated carbocycles. The fourth-order valence-electron chi connectivity index (χ4n) is 1.58. The molecule has 1 aliphatic rings. The standard InChI is InChI=1S/C13H9S2.Th/c1-9-6-7-12-13(8-9)15-11-5-3-2-4-10(11)14-12;/h3-8H,1H3;/q-1;. The third kappa shape index (κ3) is 2.49. The largest absolute Gasteiger partial charge is 0.183 e. The maximum Gasteiger partial charge on any atom is 0.0233 e. The Hall–Kier alpha value is 0.465. The summed E-state index contributed by atoms with van der Waals surface area (Å²) in [6.45, 7) is 2.14. The average molecular weight is 461 g/mol. The first-order chi connectivity index (χ1) is 7.33. The SMILES string of the molecule is Cc1ccc2c(c1)Sc1cc[c-]cc1S2.[Th]. The number of hydrogen-bond donors (Lipinski definition) is 0. The quantitative estimate of drug-likeness (QED) is 0.455. The second-order valence-corrected chi connectivity index (χ2v) is 5.69. The van der Waals surface area contributed by atoms with Crippen molar-refractivity contribution < 1.29 is 39.9 Å². The van der Waals surface area contributed by atoms with Gasteiger partial charge in [0.1, 0.15) is 0 Å². The van der Waals surface area contributed by atoms with Crippen LogP contribution in [0.25, 0.3) is 0 Å². The molecule has 0 N–H and O–H groups in total. The molecule has 0 aromatic heterocycles. The fraction of sp³-hybridized carbons (Fsp3) is 0.0769. The molecule has 16 heavy (non-hydrogen) atoms. The minimum atomic E-state index is 0. The van der Waals surface area contributed by atoms with Crippen LogP contribution < -0.4 is 0 Å². The third-order valence-corrected chi connectivity index (χ3v) is 4.85. The van der Waals surface area contributed by atoms with E-state index in [-0.39, 0.29) is 39.9 Å². The van der Waals surface area contributed by atoms with Crippen LogP contribution in [0.4, 0.5) is 0 Å². The van der Waals surface area contributed by atoms with Gasteiger partial charge < -0.3 is 0 Å². The third-order valence-electron chi connectivity index (χ3n) is 2.33. The smallest absolute Gasteiger partial charge is 0.0233 e. The van der Waals surface area contributed by atoms with Crippen molar-refractivity contribution in [3.63, 3.8) is 0 Å². The Morgan fingerprint density at radius 2 is 1.69 bits per heavy atom. The van der Waals surface area contributed by atoms with Crippen molar-refractivity contribution in [2.24, 2.45) is 0 Å². The van der Waals surface area contributed by atoms with Gasteiger partial charge in [-0.05, 0) is 24.6 Å². The summed E-state index contributed by atoms with van der Waals surface area (Å²) in [5, 5.41) is 0. The van der Waals surface area contributed by atoms with Crippen molar-refractivity contribution in [2.45, 2.75) is 26.5 Å². The van der Waals surface area contributed by atoms with Crippen molar-refractivity contribution in [1.82, 2.24) is 0 Å². The van der Waals surface area contributed by atoms with Gasteiger partial charge in [0.05, 0.1) is 0 Å². The van der Waals surface area contributed by atoms with Gasteiger partial charge in [-0.3, -0.25) is 0 Å². The zero-order chi connectivity index (χ0) is 10.3. The predicted molar refractivity (Wildman–Crippen MR) is 64.7 cm³/mol. The molecule has 0 bridgehead atoms. The summed E-state index contributed by atoms with van der Waals surface area (Å²) in [6, 6.07) is 15.9. The zero-order valence-corrected chi connectivity index (χ0v) is 14.5. The maximum absolute atomic E-state index is 3.13. The number of aryl methyl sites for hydroxylation is 1. The summed E-state index contributed by atoms with van der Waals surface area (Å²) >= 11 is 3.69. The Morgan fingerprint density at radius 3 is 2.56 bits per heavy atom. The Labute approximate surface area is 136 Å². The number of rotatable bonds is 0. The molecule has 3 heteroatoms. The predicted octanol–water partition coefficient (Wildman–Crippen LogP) is 4.41. The molecule has 78 valence electrons. The van der Waals surface area contributed by atoms with Crippen LogP contribution in [-0.2, 0) is 0 Å². The van der Waals surface area contributed by atoms with E-state index < -0.39 is 0 Å². The summed E-state index contributed by atoms with van der Waals surface area (Å²) in [6.07, 6.45) is 0. The Kier molecular flexibility index (Phi) is 4.36. The van der Waals surface area contributed by atoms with Crippen LogP contribution in [-0.4, -0.2) is 0 Å². The second kappa shape index (κ2) is 5.41. The van der Waals surface area contributed by atoms with Gasteiger partial charge in [0.15, 0.2) is 0 Å². The Bertz CT molecular complexity index is 523. The van der Waals surface area contributed by atoms with E-state index >= 15 is 0 Å². The normalized spacial score (nSPS) is 12.3. The average Bonchev–Trinajstić information content (AvgIpc) is 2.26. The molecule has 0 aliphatic carbocycles. The summed E-state index contributed by atoms with van der Waals surface area (Å²) in [7, 11) is 0. The van der Waals surface area contributed by atoms with E-state index in [4.69, 9.17) is 0 Å². The molecule has 0 radical (unpaired) electrons. The first-order valence-electron chi connectivity index (χ1n) is 4.79. The molecule has 0 amide bonds. The summed E-state index contributed by atoms with van der Waals surface area (Å²) in [5.74, 6) is 0. The van der Waals surface area contributed by atoms with Gasteiger partial charge in [0.25, 0.3) is 0 Å². The van der Waals surface area contributed by atoms with Crippen molar-refractivity contribution >= 4 is 23.5 Å². The number of fused-ring (bicyclic) bond motifs is 2. The number of benzene rings is 2. The van der Waals surface area contributed by atoms with Gasteiger partial charge >= 0.3 is 0 Å². The van der Waals surface area contributed by atoms with E-state index in [1.807, 2.05) is 29.6 Å². The van der Waals surface area contributed by atoms with E-state index in [1.54, 1.807) is 0 Å². The van der Waals surface area contributed by atoms with Crippen molar-refractivity contribution in [3.05, 3.63) is 48.0 Å². The minimum absolute atomic E-state index is 0. The van der Waals surface area contributed by atoms with Gasteiger partial charge in [-0.15, -0.1) is 11.8 Å². The van der Waals surface area contributed by atoms with Crippen LogP contribution in [0.2, 0.25) is 0 Å².